The maximum absolute atomic E-state index is 11.7. The molecule has 0 aliphatic heterocycles. The Kier molecular flexibility index (Phi) is 8.75. The van der Waals surface area contributed by atoms with E-state index in [2.05, 4.69) is 6.07 Å². The zero-order valence-corrected chi connectivity index (χ0v) is 21.0. The van der Waals surface area contributed by atoms with Crippen LogP contribution in [0, 0.1) is 18.3 Å². The van der Waals surface area contributed by atoms with E-state index in [1.807, 2.05) is 49.4 Å². The lowest BCUT2D eigenvalue weighted by atomic mass is 10.0. The zero-order valence-electron chi connectivity index (χ0n) is 21.0. The molecule has 1 heterocycles. The fourth-order valence-electron chi connectivity index (χ4n) is 4.11. The van der Waals surface area contributed by atoms with E-state index >= 15 is 0 Å². The van der Waals surface area contributed by atoms with Crippen LogP contribution in [0.15, 0.2) is 82.0 Å². The molecule has 0 bridgehead atoms. The van der Waals surface area contributed by atoms with Gasteiger partial charge in [0.25, 0.3) is 0 Å². The molecule has 0 fully saturated rings. The predicted octanol–water partition coefficient (Wildman–Crippen LogP) is 5.48. The number of rotatable bonds is 12. The van der Waals surface area contributed by atoms with Crippen molar-refractivity contribution >= 4 is 17.4 Å². The number of hydrogen-bond acceptors (Lipinski definition) is 7. The second-order valence-electron chi connectivity index (χ2n) is 8.94. The average molecular weight is 513 g/mol. The van der Waals surface area contributed by atoms with E-state index in [-0.39, 0.29) is 19.3 Å². The number of fused-ring (bicyclic) bond motifs is 1. The minimum Gasteiger partial charge on any atom is -0.490 e. The lowest BCUT2D eigenvalue weighted by molar-refractivity contribution is -0.149. The number of hydroxylamine groups is 2. The van der Waals surface area contributed by atoms with Crippen molar-refractivity contribution in [3.05, 3.63) is 94.3 Å². The molecular weight excluding hydrogens is 484 g/mol. The Balaban J connectivity index is 1.43. The smallest absolute Gasteiger partial charge is 0.336 e. The van der Waals surface area contributed by atoms with E-state index in [9.17, 15) is 14.8 Å². The number of amides is 1. The fraction of sp³-hybridized carbons (Fsp3) is 0.233. The van der Waals surface area contributed by atoms with Gasteiger partial charge in [0.1, 0.15) is 29.8 Å². The van der Waals surface area contributed by atoms with Crippen LogP contribution in [0.4, 0.5) is 0 Å². The van der Waals surface area contributed by atoms with Crippen molar-refractivity contribution in [2.75, 3.05) is 13.2 Å². The number of nitriles is 1. The molecule has 8 nitrogen and oxygen atoms in total. The van der Waals surface area contributed by atoms with Gasteiger partial charge >= 0.3 is 5.63 Å². The van der Waals surface area contributed by atoms with E-state index in [1.165, 1.54) is 6.07 Å². The van der Waals surface area contributed by atoms with Crippen LogP contribution >= 0.6 is 0 Å². The summed E-state index contributed by atoms with van der Waals surface area (Å²) < 4.78 is 17.6. The summed E-state index contributed by atoms with van der Waals surface area (Å²) in [6, 6.07) is 24.0. The Bertz CT molecular complexity index is 1470. The molecule has 0 radical (unpaired) electrons. The minimum absolute atomic E-state index is 0.238. The van der Waals surface area contributed by atoms with E-state index in [4.69, 9.17) is 19.2 Å². The number of aryl methyl sites for hydroxylation is 1. The standard InChI is InChI=1S/C30H28N2O6/c1-21-16-30(34)38-29-14-13-26(17-28(21)29)37-27(4-2-3-15-32(35)20-33)19-36-25-11-9-24(10-12-25)23-7-5-22(18-31)6-8-23/h5-14,16-17,20,27,35H,2-4,15,19H2,1H3. The number of carbonyl (C=O) groups is 1. The molecule has 4 rings (SSSR count). The van der Waals surface area contributed by atoms with E-state index < -0.39 is 5.63 Å². The Morgan fingerprint density at radius 2 is 1.68 bits per heavy atom. The summed E-state index contributed by atoms with van der Waals surface area (Å²) in [6.07, 6.45) is 2.03. The highest BCUT2D eigenvalue weighted by molar-refractivity contribution is 5.81. The highest BCUT2D eigenvalue weighted by Crippen LogP contribution is 2.26. The van der Waals surface area contributed by atoms with Gasteiger partial charge < -0.3 is 13.9 Å². The lowest BCUT2D eigenvalue weighted by Gasteiger charge is -2.20. The van der Waals surface area contributed by atoms with E-state index in [0.717, 1.165) is 22.1 Å². The topological polar surface area (TPSA) is 113 Å². The molecule has 8 heteroatoms. The van der Waals surface area contributed by atoms with Crippen molar-refractivity contribution in [1.29, 1.82) is 5.26 Å². The molecule has 0 spiro atoms. The number of ether oxygens (including phenoxy) is 2. The average Bonchev–Trinajstić information content (AvgIpc) is 2.94. The number of benzene rings is 3. The molecule has 1 N–H and O–H groups in total. The largest absolute Gasteiger partial charge is 0.490 e. The molecule has 194 valence electrons. The predicted molar refractivity (Wildman–Crippen MR) is 142 cm³/mol. The number of unbranched alkanes of at least 4 members (excludes halogenated alkanes) is 1. The van der Waals surface area contributed by atoms with Gasteiger partial charge in [0.2, 0.25) is 6.41 Å². The Labute approximate surface area is 220 Å². The quantitative estimate of drug-likeness (QED) is 0.0879. The number of nitrogens with zero attached hydrogens (tertiary/aromatic N) is 2. The van der Waals surface area contributed by atoms with Crippen LogP contribution in [-0.4, -0.2) is 35.9 Å². The van der Waals surface area contributed by atoms with Crippen molar-refractivity contribution in [3.8, 4) is 28.7 Å². The van der Waals surface area contributed by atoms with Gasteiger partial charge in [0, 0.05) is 18.0 Å². The van der Waals surface area contributed by atoms with Gasteiger partial charge in [0.15, 0.2) is 0 Å². The first-order valence-corrected chi connectivity index (χ1v) is 12.3. The van der Waals surface area contributed by atoms with Crippen LogP contribution in [0.5, 0.6) is 11.5 Å². The molecule has 4 aromatic rings. The third-order valence-corrected chi connectivity index (χ3v) is 6.15. The molecule has 1 atom stereocenters. The normalized spacial score (nSPS) is 11.5. The van der Waals surface area contributed by atoms with Crippen molar-refractivity contribution in [2.45, 2.75) is 32.3 Å². The first kappa shape index (κ1) is 26.5. The third kappa shape index (κ3) is 6.99. The summed E-state index contributed by atoms with van der Waals surface area (Å²) in [6.45, 7) is 2.37. The van der Waals surface area contributed by atoms with E-state index in [1.54, 1.807) is 24.3 Å². The van der Waals surface area contributed by atoms with Gasteiger partial charge in [-0.25, -0.2) is 9.86 Å². The van der Waals surface area contributed by atoms with Gasteiger partial charge in [-0.15, -0.1) is 0 Å². The minimum atomic E-state index is -0.395. The summed E-state index contributed by atoms with van der Waals surface area (Å²) >= 11 is 0. The number of hydrogen-bond donors (Lipinski definition) is 1. The zero-order chi connectivity index (χ0) is 26.9. The van der Waals surface area contributed by atoms with Gasteiger partial charge in [-0.3, -0.25) is 10.0 Å². The highest BCUT2D eigenvalue weighted by atomic mass is 16.5. The molecule has 0 saturated carbocycles. The first-order chi connectivity index (χ1) is 18.4. The molecule has 0 aliphatic carbocycles. The summed E-state index contributed by atoms with van der Waals surface area (Å²) in [5.74, 6) is 1.31. The van der Waals surface area contributed by atoms with Gasteiger partial charge in [-0.1, -0.05) is 24.3 Å². The highest BCUT2D eigenvalue weighted by Gasteiger charge is 2.14. The number of carbonyl (C=O) groups excluding carboxylic acids is 1. The van der Waals surface area contributed by atoms with Crippen LogP contribution in [-0.2, 0) is 4.79 Å². The van der Waals surface area contributed by atoms with Crippen molar-refractivity contribution in [1.82, 2.24) is 5.06 Å². The summed E-state index contributed by atoms with van der Waals surface area (Å²) in [7, 11) is 0. The summed E-state index contributed by atoms with van der Waals surface area (Å²) in [5, 5.41) is 19.8. The van der Waals surface area contributed by atoms with Crippen LogP contribution < -0.4 is 15.1 Å². The molecular formula is C30H28N2O6. The van der Waals surface area contributed by atoms with Crippen LogP contribution in [0.3, 0.4) is 0 Å². The van der Waals surface area contributed by atoms with Crippen LogP contribution in [0.2, 0.25) is 0 Å². The Morgan fingerprint density at radius 1 is 1.00 bits per heavy atom. The molecule has 3 aromatic carbocycles. The lowest BCUT2D eigenvalue weighted by Crippen LogP contribution is -2.25. The van der Waals surface area contributed by atoms with Crippen molar-refractivity contribution in [2.24, 2.45) is 0 Å². The second kappa shape index (κ2) is 12.6. The monoisotopic (exact) mass is 512 g/mol. The van der Waals surface area contributed by atoms with Gasteiger partial charge in [-0.05, 0) is 85.3 Å². The van der Waals surface area contributed by atoms with Crippen LogP contribution in [0.1, 0.15) is 30.4 Å². The van der Waals surface area contributed by atoms with Crippen molar-refractivity contribution in [3.63, 3.8) is 0 Å². The first-order valence-electron chi connectivity index (χ1n) is 12.3. The fourth-order valence-corrected chi connectivity index (χ4v) is 4.11. The summed E-state index contributed by atoms with van der Waals surface area (Å²) in [5.41, 5.74) is 3.53. The second-order valence-corrected chi connectivity index (χ2v) is 8.94. The van der Waals surface area contributed by atoms with Gasteiger partial charge in [-0.2, -0.15) is 5.26 Å². The molecule has 0 saturated heterocycles. The molecule has 1 unspecified atom stereocenters. The maximum Gasteiger partial charge on any atom is 0.336 e. The van der Waals surface area contributed by atoms with Crippen LogP contribution in [0.25, 0.3) is 22.1 Å². The maximum atomic E-state index is 11.7. The molecule has 38 heavy (non-hydrogen) atoms. The van der Waals surface area contributed by atoms with Crippen molar-refractivity contribution < 1.29 is 23.9 Å². The molecule has 0 aliphatic rings. The van der Waals surface area contributed by atoms with E-state index in [0.29, 0.717) is 53.4 Å². The third-order valence-electron chi connectivity index (χ3n) is 6.15. The molecule has 1 amide bonds. The summed E-state index contributed by atoms with van der Waals surface area (Å²) in [4.78, 5) is 22.3. The Morgan fingerprint density at radius 3 is 2.37 bits per heavy atom. The Hall–Kier alpha value is -4.61. The van der Waals surface area contributed by atoms with Gasteiger partial charge in [0.05, 0.1) is 11.6 Å². The molecule has 1 aromatic heterocycles. The SMILES string of the molecule is Cc1cc(=O)oc2ccc(OC(CCCCN(O)C=O)COc3ccc(-c4ccc(C#N)cc4)cc3)cc12.